The number of rotatable bonds is 6. The van der Waals surface area contributed by atoms with Gasteiger partial charge in [-0.2, -0.15) is 0 Å². The third-order valence-electron chi connectivity index (χ3n) is 4.07. The van der Waals surface area contributed by atoms with Gasteiger partial charge in [0, 0.05) is 6.42 Å². The maximum absolute atomic E-state index is 12.1. The molecule has 1 aromatic carbocycles. The predicted molar refractivity (Wildman–Crippen MR) is 77.9 cm³/mol. The van der Waals surface area contributed by atoms with Crippen LogP contribution in [0, 0.1) is 5.41 Å². The maximum atomic E-state index is 12.1. The third-order valence-corrected chi connectivity index (χ3v) is 4.07. The number of nitrogens with two attached hydrogens (primary N) is 1. The molecule has 1 aliphatic rings. The van der Waals surface area contributed by atoms with E-state index in [-0.39, 0.29) is 18.8 Å². The number of cyclic esters (lactones) is 1. The number of esters is 1. The zero-order valence-electron chi connectivity index (χ0n) is 12.4. The molecule has 2 rings (SSSR count). The smallest absolute Gasteiger partial charge is 0.404 e. The number of benzene rings is 1. The topological polar surface area (TPSA) is 95.7 Å². The summed E-state index contributed by atoms with van der Waals surface area (Å²) in [4.78, 5) is 35.4. The van der Waals surface area contributed by atoms with Crippen molar-refractivity contribution in [3.63, 3.8) is 0 Å². The van der Waals surface area contributed by atoms with E-state index in [0.29, 0.717) is 12.8 Å². The van der Waals surface area contributed by atoms with E-state index in [4.69, 9.17) is 15.2 Å². The van der Waals surface area contributed by atoms with E-state index in [2.05, 4.69) is 0 Å². The molecule has 6 nitrogen and oxygen atoms in total. The minimum absolute atomic E-state index is 0.141. The van der Waals surface area contributed by atoms with Crippen molar-refractivity contribution in [2.24, 2.45) is 11.1 Å². The minimum Gasteiger partial charge on any atom is -0.465 e. The Labute approximate surface area is 128 Å². The molecule has 2 atom stereocenters. The Bertz CT molecular complexity index is 571. The fourth-order valence-corrected chi connectivity index (χ4v) is 2.86. The van der Waals surface area contributed by atoms with Gasteiger partial charge in [0.25, 0.3) is 0 Å². The first-order chi connectivity index (χ1) is 10.5. The van der Waals surface area contributed by atoms with Gasteiger partial charge in [-0.05, 0) is 25.3 Å². The number of amides is 1. The number of ether oxygens (including phenoxy) is 2. The molecule has 0 saturated carbocycles. The van der Waals surface area contributed by atoms with Gasteiger partial charge in [0.15, 0.2) is 11.2 Å². The second kappa shape index (κ2) is 6.60. The molecule has 2 N–H and O–H groups in total. The van der Waals surface area contributed by atoms with E-state index >= 15 is 0 Å². The summed E-state index contributed by atoms with van der Waals surface area (Å²) >= 11 is 0. The summed E-state index contributed by atoms with van der Waals surface area (Å²) in [5, 5.41) is 0. The average molecular weight is 305 g/mol. The SMILES string of the molecule is CC(=O)C1(C(CCc2ccccc2)OC(N)=O)CCOC1=O. The van der Waals surface area contributed by atoms with E-state index in [1.807, 2.05) is 30.3 Å². The third kappa shape index (κ3) is 3.10. The molecule has 1 saturated heterocycles. The summed E-state index contributed by atoms with van der Waals surface area (Å²) in [5.74, 6) is -1.01. The number of hydrogen-bond acceptors (Lipinski definition) is 5. The second-order valence-electron chi connectivity index (χ2n) is 5.36. The molecule has 1 aliphatic heterocycles. The van der Waals surface area contributed by atoms with Gasteiger partial charge in [-0.15, -0.1) is 0 Å². The fourth-order valence-electron chi connectivity index (χ4n) is 2.86. The molecule has 1 aromatic rings. The Morgan fingerprint density at radius 1 is 1.36 bits per heavy atom. The first kappa shape index (κ1) is 16.0. The summed E-state index contributed by atoms with van der Waals surface area (Å²) in [6, 6.07) is 9.53. The van der Waals surface area contributed by atoms with Crippen molar-refractivity contribution in [1.82, 2.24) is 0 Å². The number of aryl methyl sites for hydroxylation is 1. The zero-order chi connectivity index (χ0) is 16.2. The van der Waals surface area contributed by atoms with Crippen LogP contribution in [0.1, 0.15) is 25.3 Å². The van der Waals surface area contributed by atoms with E-state index in [1.54, 1.807) is 0 Å². The van der Waals surface area contributed by atoms with Gasteiger partial charge in [0.1, 0.15) is 6.10 Å². The monoisotopic (exact) mass is 305 g/mol. The highest BCUT2D eigenvalue weighted by Crippen LogP contribution is 2.38. The molecule has 0 spiro atoms. The van der Waals surface area contributed by atoms with Crippen LogP contribution in [0.2, 0.25) is 0 Å². The largest absolute Gasteiger partial charge is 0.465 e. The quantitative estimate of drug-likeness (QED) is 0.636. The van der Waals surface area contributed by atoms with E-state index in [0.717, 1.165) is 5.56 Å². The Kier molecular flexibility index (Phi) is 4.80. The van der Waals surface area contributed by atoms with Crippen LogP contribution in [0.5, 0.6) is 0 Å². The van der Waals surface area contributed by atoms with Gasteiger partial charge >= 0.3 is 12.1 Å². The molecule has 6 heteroatoms. The van der Waals surface area contributed by atoms with Crippen molar-refractivity contribution in [3.8, 4) is 0 Å². The van der Waals surface area contributed by atoms with E-state index in [9.17, 15) is 14.4 Å². The van der Waals surface area contributed by atoms with Gasteiger partial charge in [-0.1, -0.05) is 30.3 Å². The lowest BCUT2D eigenvalue weighted by Gasteiger charge is -2.30. The van der Waals surface area contributed by atoms with Crippen molar-refractivity contribution in [1.29, 1.82) is 0 Å². The first-order valence-electron chi connectivity index (χ1n) is 7.15. The highest BCUT2D eigenvalue weighted by molar-refractivity contribution is 6.04. The summed E-state index contributed by atoms with van der Waals surface area (Å²) in [7, 11) is 0. The van der Waals surface area contributed by atoms with Gasteiger partial charge in [0.05, 0.1) is 6.61 Å². The summed E-state index contributed by atoms with van der Waals surface area (Å²) in [5.41, 5.74) is 4.69. The molecular formula is C16H19NO5. The first-order valence-corrected chi connectivity index (χ1v) is 7.15. The van der Waals surface area contributed by atoms with Crippen LogP contribution >= 0.6 is 0 Å². The second-order valence-corrected chi connectivity index (χ2v) is 5.36. The van der Waals surface area contributed by atoms with Gasteiger partial charge in [-0.3, -0.25) is 9.59 Å². The van der Waals surface area contributed by atoms with Crippen LogP contribution in [0.3, 0.4) is 0 Å². The molecule has 1 heterocycles. The molecule has 118 valence electrons. The number of ketones is 1. The van der Waals surface area contributed by atoms with Crippen molar-refractivity contribution in [3.05, 3.63) is 35.9 Å². The van der Waals surface area contributed by atoms with Crippen LogP contribution < -0.4 is 5.73 Å². The number of primary amides is 1. The fraction of sp³-hybridized carbons (Fsp3) is 0.438. The molecule has 1 amide bonds. The lowest BCUT2D eigenvalue weighted by Crippen LogP contribution is -2.48. The molecule has 22 heavy (non-hydrogen) atoms. The van der Waals surface area contributed by atoms with Crippen molar-refractivity contribution in [2.45, 2.75) is 32.3 Å². The van der Waals surface area contributed by atoms with Crippen LogP contribution in [-0.4, -0.2) is 30.6 Å². The number of carbonyl (C=O) groups excluding carboxylic acids is 3. The molecule has 2 unspecified atom stereocenters. The standard InChI is InChI=1S/C16H19NO5/c1-11(18)16(9-10-21-14(16)19)13(22-15(17)20)8-7-12-5-3-2-4-6-12/h2-6,13H,7-10H2,1H3,(H2,17,20). The number of carbonyl (C=O) groups is 3. The summed E-state index contributed by atoms with van der Waals surface area (Å²) in [6.45, 7) is 1.45. The molecule has 0 aromatic heterocycles. The van der Waals surface area contributed by atoms with Crippen LogP contribution in [0.4, 0.5) is 4.79 Å². The highest BCUT2D eigenvalue weighted by atomic mass is 16.6. The maximum Gasteiger partial charge on any atom is 0.404 e. The Hall–Kier alpha value is -2.37. The van der Waals surface area contributed by atoms with Crippen LogP contribution in [-0.2, 0) is 25.5 Å². The highest BCUT2D eigenvalue weighted by Gasteiger charge is 2.56. The average Bonchev–Trinajstić information content (AvgIpc) is 2.87. The molecular weight excluding hydrogens is 286 g/mol. The van der Waals surface area contributed by atoms with E-state index < -0.39 is 23.6 Å². The number of Topliss-reactive ketones (excluding diaryl/α,β-unsaturated/α-hetero) is 1. The zero-order valence-corrected chi connectivity index (χ0v) is 12.4. The Morgan fingerprint density at radius 2 is 2.05 bits per heavy atom. The minimum atomic E-state index is -1.44. The Morgan fingerprint density at radius 3 is 2.55 bits per heavy atom. The van der Waals surface area contributed by atoms with Crippen molar-refractivity contribution < 1.29 is 23.9 Å². The van der Waals surface area contributed by atoms with Gasteiger partial charge in [-0.25, -0.2) is 4.79 Å². The lowest BCUT2D eigenvalue weighted by atomic mass is 9.75. The van der Waals surface area contributed by atoms with Crippen LogP contribution in [0.25, 0.3) is 0 Å². The summed E-state index contributed by atoms with van der Waals surface area (Å²) in [6.07, 6.45) is -0.840. The van der Waals surface area contributed by atoms with Gasteiger partial charge in [0.2, 0.25) is 0 Å². The Balaban J connectivity index is 2.22. The molecule has 0 bridgehead atoms. The number of hydrogen-bond donors (Lipinski definition) is 1. The van der Waals surface area contributed by atoms with Crippen molar-refractivity contribution in [2.75, 3.05) is 6.61 Å². The molecule has 0 aliphatic carbocycles. The van der Waals surface area contributed by atoms with Crippen LogP contribution in [0.15, 0.2) is 30.3 Å². The molecule has 1 fully saturated rings. The van der Waals surface area contributed by atoms with Crippen molar-refractivity contribution >= 4 is 17.8 Å². The normalized spacial score (nSPS) is 22.0. The lowest BCUT2D eigenvalue weighted by molar-refractivity contribution is -0.157. The predicted octanol–water partition coefficient (Wildman–Crippen LogP) is 1.61. The van der Waals surface area contributed by atoms with E-state index in [1.165, 1.54) is 6.92 Å². The summed E-state index contributed by atoms with van der Waals surface area (Å²) < 4.78 is 10.1. The van der Waals surface area contributed by atoms with Gasteiger partial charge < -0.3 is 15.2 Å². The molecule has 0 radical (unpaired) electrons.